The summed E-state index contributed by atoms with van der Waals surface area (Å²) in [7, 11) is 1.85. The average molecular weight is 287 g/mol. The van der Waals surface area contributed by atoms with Crippen molar-refractivity contribution in [3.8, 4) is 0 Å². The molecular weight excluding hydrogens is 266 g/mol. The number of aliphatic carboxylic acids is 1. The summed E-state index contributed by atoms with van der Waals surface area (Å²) in [6.07, 6.45) is 7.59. The summed E-state index contributed by atoms with van der Waals surface area (Å²) in [5, 5.41) is 8.58. The molecule has 1 saturated carbocycles. The molecule has 0 heterocycles. The first-order chi connectivity index (χ1) is 10.1. The average Bonchev–Trinajstić information content (AvgIpc) is 2.97. The number of benzene rings is 1. The van der Waals surface area contributed by atoms with Crippen LogP contribution in [0.4, 0.5) is 0 Å². The first-order valence-electron chi connectivity index (χ1n) is 7.33. The maximum atomic E-state index is 12.3. The lowest BCUT2D eigenvalue weighted by molar-refractivity contribution is -0.131. The molecule has 0 bridgehead atoms. The normalized spacial score (nSPS) is 15.5. The molecule has 112 valence electrons. The number of amides is 1. The second-order valence-electron chi connectivity index (χ2n) is 5.63. The summed E-state index contributed by atoms with van der Waals surface area (Å²) in [6, 6.07) is 7.01. The minimum absolute atomic E-state index is 0.0238. The van der Waals surface area contributed by atoms with Gasteiger partial charge >= 0.3 is 5.97 Å². The van der Waals surface area contributed by atoms with E-state index in [0.29, 0.717) is 11.5 Å². The first-order valence-corrected chi connectivity index (χ1v) is 7.33. The zero-order valence-corrected chi connectivity index (χ0v) is 12.3. The van der Waals surface area contributed by atoms with Crippen LogP contribution in [0.3, 0.4) is 0 Å². The third-order valence-electron chi connectivity index (χ3n) is 3.93. The number of carboxylic acid groups (broad SMARTS) is 1. The van der Waals surface area contributed by atoms with E-state index in [4.69, 9.17) is 5.11 Å². The van der Waals surface area contributed by atoms with Gasteiger partial charge in [0.05, 0.1) is 0 Å². The Morgan fingerprint density at radius 2 is 1.86 bits per heavy atom. The third-order valence-corrected chi connectivity index (χ3v) is 3.93. The van der Waals surface area contributed by atoms with Gasteiger partial charge in [-0.05, 0) is 42.5 Å². The van der Waals surface area contributed by atoms with Crippen molar-refractivity contribution in [2.75, 3.05) is 13.6 Å². The molecule has 0 unspecified atom stereocenters. The lowest BCUT2D eigenvalue weighted by Gasteiger charge is -2.21. The van der Waals surface area contributed by atoms with Gasteiger partial charge in [-0.1, -0.05) is 25.0 Å². The summed E-state index contributed by atoms with van der Waals surface area (Å²) in [5.41, 5.74) is 1.41. The molecule has 0 saturated heterocycles. The SMILES string of the molecule is CN(CC1CCCC1)C(=O)c1ccc(C=CC(=O)O)cc1. The van der Waals surface area contributed by atoms with Gasteiger partial charge in [0, 0.05) is 25.2 Å². The number of carbonyl (C=O) groups is 2. The fourth-order valence-corrected chi connectivity index (χ4v) is 2.79. The van der Waals surface area contributed by atoms with Crippen molar-refractivity contribution < 1.29 is 14.7 Å². The smallest absolute Gasteiger partial charge is 0.328 e. The second-order valence-corrected chi connectivity index (χ2v) is 5.63. The maximum absolute atomic E-state index is 12.3. The molecule has 1 aromatic rings. The zero-order valence-electron chi connectivity index (χ0n) is 12.3. The van der Waals surface area contributed by atoms with Gasteiger partial charge in [0.1, 0.15) is 0 Å². The molecule has 1 aliphatic carbocycles. The summed E-state index contributed by atoms with van der Waals surface area (Å²) in [6.45, 7) is 0.819. The van der Waals surface area contributed by atoms with Crippen LogP contribution in [0.25, 0.3) is 6.08 Å². The van der Waals surface area contributed by atoms with E-state index >= 15 is 0 Å². The minimum Gasteiger partial charge on any atom is -0.478 e. The molecule has 1 fully saturated rings. The van der Waals surface area contributed by atoms with Crippen LogP contribution in [-0.4, -0.2) is 35.5 Å². The Balaban J connectivity index is 1.96. The molecule has 0 radical (unpaired) electrons. The van der Waals surface area contributed by atoms with Gasteiger partial charge in [0.2, 0.25) is 0 Å². The molecule has 21 heavy (non-hydrogen) atoms. The molecule has 1 aromatic carbocycles. The Morgan fingerprint density at radius 3 is 2.43 bits per heavy atom. The van der Waals surface area contributed by atoms with E-state index in [1.165, 1.54) is 31.8 Å². The van der Waals surface area contributed by atoms with Gasteiger partial charge in [-0.25, -0.2) is 4.79 Å². The predicted molar refractivity (Wildman–Crippen MR) is 82.0 cm³/mol. The second kappa shape index (κ2) is 7.07. The van der Waals surface area contributed by atoms with Crippen molar-refractivity contribution in [2.45, 2.75) is 25.7 Å². The van der Waals surface area contributed by atoms with Gasteiger partial charge in [-0.15, -0.1) is 0 Å². The molecule has 0 aromatic heterocycles. The minimum atomic E-state index is -0.980. The first kappa shape index (κ1) is 15.3. The lowest BCUT2D eigenvalue weighted by Crippen LogP contribution is -2.31. The van der Waals surface area contributed by atoms with Crippen molar-refractivity contribution in [2.24, 2.45) is 5.92 Å². The number of hydrogen-bond acceptors (Lipinski definition) is 2. The third kappa shape index (κ3) is 4.45. The Hall–Kier alpha value is -2.10. The van der Waals surface area contributed by atoms with Crippen molar-refractivity contribution in [1.82, 2.24) is 4.90 Å². The van der Waals surface area contributed by atoms with Crippen LogP contribution in [-0.2, 0) is 4.79 Å². The molecule has 1 aliphatic rings. The number of carboxylic acids is 1. The van der Waals surface area contributed by atoms with Gasteiger partial charge < -0.3 is 10.0 Å². The highest BCUT2D eigenvalue weighted by Crippen LogP contribution is 2.25. The lowest BCUT2D eigenvalue weighted by atomic mass is 10.1. The molecule has 4 heteroatoms. The number of hydrogen-bond donors (Lipinski definition) is 1. The van der Waals surface area contributed by atoms with Crippen LogP contribution in [0.2, 0.25) is 0 Å². The van der Waals surface area contributed by atoms with E-state index in [1.807, 2.05) is 7.05 Å². The fraction of sp³-hybridized carbons (Fsp3) is 0.412. The summed E-state index contributed by atoms with van der Waals surface area (Å²) in [5.74, 6) is -0.321. The molecule has 1 N–H and O–H groups in total. The van der Waals surface area contributed by atoms with Gasteiger partial charge in [-0.3, -0.25) is 4.79 Å². The van der Waals surface area contributed by atoms with Gasteiger partial charge in [0.15, 0.2) is 0 Å². The summed E-state index contributed by atoms with van der Waals surface area (Å²) < 4.78 is 0. The van der Waals surface area contributed by atoms with Crippen LogP contribution in [0.15, 0.2) is 30.3 Å². The van der Waals surface area contributed by atoms with E-state index in [2.05, 4.69) is 0 Å². The molecule has 0 atom stereocenters. The molecular formula is C17H21NO3. The maximum Gasteiger partial charge on any atom is 0.328 e. The van der Waals surface area contributed by atoms with Crippen LogP contribution < -0.4 is 0 Å². The van der Waals surface area contributed by atoms with E-state index in [-0.39, 0.29) is 5.91 Å². The van der Waals surface area contributed by atoms with Gasteiger partial charge in [-0.2, -0.15) is 0 Å². The monoisotopic (exact) mass is 287 g/mol. The van der Waals surface area contributed by atoms with E-state index in [0.717, 1.165) is 18.2 Å². The Kier molecular flexibility index (Phi) is 5.14. The van der Waals surface area contributed by atoms with Crippen LogP contribution >= 0.6 is 0 Å². The van der Waals surface area contributed by atoms with Gasteiger partial charge in [0.25, 0.3) is 5.91 Å². The molecule has 1 amide bonds. The quantitative estimate of drug-likeness (QED) is 0.847. The molecule has 4 nitrogen and oxygen atoms in total. The Labute approximate surface area is 125 Å². The summed E-state index contributed by atoms with van der Waals surface area (Å²) >= 11 is 0. The van der Waals surface area contributed by atoms with E-state index in [1.54, 1.807) is 29.2 Å². The highest BCUT2D eigenvalue weighted by atomic mass is 16.4. The fourth-order valence-electron chi connectivity index (χ4n) is 2.79. The standard InChI is InChI=1S/C17H21NO3/c1-18(12-14-4-2-3-5-14)17(21)15-9-6-13(7-10-15)8-11-16(19)20/h6-11,14H,2-5,12H2,1H3,(H,19,20). The highest BCUT2D eigenvalue weighted by Gasteiger charge is 2.20. The van der Waals surface area contributed by atoms with Crippen molar-refractivity contribution in [1.29, 1.82) is 0 Å². The molecule has 0 aliphatic heterocycles. The summed E-state index contributed by atoms with van der Waals surface area (Å²) in [4.78, 5) is 24.6. The number of rotatable bonds is 5. The van der Waals surface area contributed by atoms with Crippen molar-refractivity contribution in [3.05, 3.63) is 41.5 Å². The number of nitrogens with zero attached hydrogens (tertiary/aromatic N) is 1. The van der Waals surface area contributed by atoms with Crippen LogP contribution in [0.5, 0.6) is 0 Å². The predicted octanol–water partition coefficient (Wildman–Crippen LogP) is 3.05. The van der Waals surface area contributed by atoms with E-state index in [9.17, 15) is 9.59 Å². The van der Waals surface area contributed by atoms with Crippen molar-refractivity contribution >= 4 is 18.0 Å². The van der Waals surface area contributed by atoms with Crippen LogP contribution in [0.1, 0.15) is 41.6 Å². The topological polar surface area (TPSA) is 57.6 Å². The zero-order chi connectivity index (χ0) is 15.2. The van der Waals surface area contributed by atoms with Crippen LogP contribution in [0, 0.1) is 5.92 Å². The molecule has 2 rings (SSSR count). The molecule has 0 spiro atoms. The Morgan fingerprint density at radius 1 is 1.24 bits per heavy atom. The number of carbonyl (C=O) groups excluding carboxylic acids is 1. The van der Waals surface area contributed by atoms with E-state index < -0.39 is 5.97 Å². The largest absolute Gasteiger partial charge is 0.478 e. The Bertz CT molecular complexity index is 527. The highest BCUT2D eigenvalue weighted by molar-refractivity contribution is 5.94. The van der Waals surface area contributed by atoms with Crippen molar-refractivity contribution in [3.63, 3.8) is 0 Å².